The van der Waals surface area contributed by atoms with Gasteiger partial charge in [0.2, 0.25) is 0 Å². The topological polar surface area (TPSA) is 244 Å². The van der Waals surface area contributed by atoms with Crippen molar-refractivity contribution in [3.63, 3.8) is 0 Å². The Bertz CT molecular complexity index is 693. The fraction of sp³-hybridized carbons (Fsp3) is 0. The molecule has 0 saturated carbocycles. The highest BCUT2D eigenvalue weighted by molar-refractivity contribution is 6.51. The fourth-order valence-electron chi connectivity index (χ4n) is 1.26. The van der Waals surface area contributed by atoms with Crippen LogP contribution in [0.5, 0.6) is 0 Å². The summed E-state index contributed by atoms with van der Waals surface area (Å²) in [5, 5.41) is 54.8. The van der Waals surface area contributed by atoms with Crippen molar-refractivity contribution in [1.29, 1.82) is 0 Å². The van der Waals surface area contributed by atoms with E-state index >= 15 is 0 Å². The number of oxime groups is 2. The van der Waals surface area contributed by atoms with Crippen molar-refractivity contribution in [2.24, 2.45) is 10.3 Å². The van der Waals surface area contributed by atoms with Crippen LogP contribution in [-0.4, -0.2) is 31.4 Å². The van der Waals surface area contributed by atoms with Gasteiger partial charge < -0.3 is 20.3 Å². The van der Waals surface area contributed by atoms with Crippen molar-refractivity contribution < 1.29 is 29.4 Å². The van der Waals surface area contributed by atoms with E-state index in [1.807, 2.05) is 0 Å². The average molecular weight is 344 g/mol. The molecule has 0 aliphatic carbocycles. The predicted octanol–water partition coefficient (Wildman–Crippen LogP) is -0.219. The van der Waals surface area contributed by atoms with Gasteiger partial charge in [0.05, 0.1) is 0 Å². The normalized spacial score (nSPS) is 15.2. The standard InChI is InChI=1S/C6N8O10/c15-11(16)5(12(17)18)3-7-1(9-23-3)2-8-4(24-10-2)6(13(19)20)14(21)22/q-2. The first kappa shape index (κ1) is 16.0. The first-order valence-corrected chi connectivity index (χ1v) is 5.22. The van der Waals surface area contributed by atoms with Crippen LogP contribution in [0.15, 0.2) is 33.7 Å². The molecule has 0 atom stereocenters. The largest absolute Gasteiger partial charge is 0.598 e. The Morgan fingerprint density at radius 3 is 1.25 bits per heavy atom. The van der Waals surface area contributed by atoms with Gasteiger partial charge in [-0.1, -0.05) is 0 Å². The number of nitrogens with zero attached hydrogens (tertiary/aromatic N) is 8. The molecular formula is C6N8O10-2. The molecule has 2 aliphatic heterocycles. The lowest BCUT2D eigenvalue weighted by Gasteiger charge is -2.11. The molecule has 2 heterocycles. The van der Waals surface area contributed by atoms with Gasteiger partial charge in [0.25, 0.3) is 11.8 Å². The van der Waals surface area contributed by atoms with Crippen LogP contribution in [0.4, 0.5) is 0 Å². The third-order valence-corrected chi connectivity index (χ3v) is 2.13. The van der Waals surface area contributed by atoms with Gasteiger partial charge in [-0.3, -0.25) is 50.8 Å². The Hall–Kier alpha value is -4.38. The van der Waals surface area contributed by atoms with E-state index in [9.17, 15) is 40.5 Å². The van der Waals surface area contributed by atoms with Crippen molar-refractivity contribution >= 4 is 11.7 Å². The van der Waals surface area contributed by atoms with Gasteiger partial charge in [0.15, 0.2) is 0 Å². The van der Waals surface area contributed by atoms with Gasteiger partial charge in [-0.15, -0.1) is 0 Å². The number of amidine groups is 2. The van der Waals surface area contributed by atoms with Gasteiger partial charge in [0.1, 0.15) is 19.7 Å². The summed E-state index contributed by atoms with van der Waals surface area (Å²) in [5.74, 6) is -6.88. The molecule has 0 aromatic heterocycles. The lowest BCUT2D eigenvalue weighted by atomic mass is 10.5. The number of hydrogen-bond donors (Lipinski definition) is 0. The molecule has 0 aromatic carbocycles. The second kappa shape index (κ2) is 5.78. The second-order valence-corrected chi connectivity index (χ2v) is 3.52. The lowest BCUT2D eigenvalue weighted by Crippen LogP contribution is -2.14. The van der Waals surface area contributed by atoms with Crippen LogP contribution < -0.4 is 0 Å². The maximum atomic E-state index is 10.5. The van der Waals surface area contributed by atoms with Crippen molar-refractivity contribution in [3.05, 3.63) is 74.5 Å². The number of rotatable bonds is 5. The smallest absolute Gasteiger partial charge is 0.446 e. The highest BCUT2D eigenvalue weighted by Gasteiger charge is 2.35. The third kappa shape index (κ3) is 2.81. The van der Waals surface area contributed by atoms with E-state index in [1.165, 1.54) is 0 Å². The van der Waals surface area contributed by atoms with Crippen molar-refractivity contribution in [2.45, 2.75) is 0 Å². The molecule has 24 heavy (non-hydrogen) atoms. The fourth-order valence-corrected chi connectivity index (χ4v) is 1.26. The van der Waals surface area contributed by atoms with E-state index in [4.69, 9.17) is 0 Å². The summed E-state index contributed by atoms with van der Waals surface area (Å²) >= 11 is 0. The molecule has 0 radical (unpaired) electrons. The Kier molecular flexibility index (Phi) is 3.85. The molecule has 0 bridgehead atoms. The summed E-state index contributed by atoms with van der Waals surface area (Å²) in [6.45, 7) is 0. The van der Waals surface area contributed by atoms with Crippen LogP contribution in [0, 0.1) is 40.5 Å². The Morgan fingerprint density at radius 1 is 0.708 bits per heavy atom. The molecule has 126 valence electrons. The minimum Gasteiger partial charge on any atom is -0.446 e. The Labute approximate surface area is 127 Å². The summed E-state index contributed by atoms with van der Waals surface area (Å²) in [6.07, 6.45) is 0. The molecule has 0 amide bonds. The Morgan fingerprint density at radius 2 is 1.00 bits per heavy atom. The van der Waals surface area contributed by atoms with Gasteiger partial charge in [-0.2, -0.15) is 0 Å². The molecule has 0 unspecified atom stereocenters. The molecule has 0 aromatic rings. The molecular weight excluding hydrogens is 344 g/mol. The quantitative estimate of drug-likeness (QED) is 0.468. The first-order chi connectivity index (χ1) is 11.2. The molecule has 2 rings (SSSR count). The SMILES string of the molecule is O=[N+]([O-])C(=C1[N-]C(C2=NOC(=C([N+](=O)[O-])[N+](=O)[O-])[N-]2)=NO1)[N+](=O)[O-]. The zero-order chi connectivity index (χ0) is 18.0. The van der Waals surface area contributed by atoms with E-state index in [0.29, 0.717) is 0 Å². The highest BCUT2D eigenvalue weighted by atomic mass is 16.7. The van der Waals surface area contributed by atoms with E-state index in [1.54, 1.807) is 0 Å². The monoisotopic (exact) mass is 344 g/mol. The maximum absolute atomic E-state index is 10.5. The molecule has 0 spiro atoms. The molecule has 18 heteroatoms. The van der Waals surface area contributed by atoms with E-state index < -0.39 is 54.8 Å². The van der Waals surface area contributed by atoms with Crippen LogP contribution in [0.2, 0.25) is 0 Å². The molecule has 0 saturated heterocycles. The molecule has 18 nitrogen and oxygen atoms in total. The van der Waals surface area contributed by atoms with Crippen LogP contribution in [0.25, 0.3) is 10.6 Å². The van der Waals surface area contributed by atoms with Crippen molar-refractivity contribution in [3.8, 4) is 0 Å². The van der Waals surface area contributed by atoms with E-state index in [-0.39, 0.29) is 0 Å². The average Bonchev–Trinajstić information content (AvgIpc) is 3.06. The Balaban J connectivity index is 2.23. The summed E-state index contributed by atoms with van der Waals surface area (Å²) in [4.78, 5) is 45.1. The van der Waals surface area contributed by atoms with Crippen LogP contribution in [-0.2, 0) is 9.68 Å². The summed E-state index contributed by atoms with van der Waals surface area (Å²) in [5.41, 5.74) is 0. The van der Waals surface area contributed by atoms with E-state index in [0.717, 1.165) is 0 Å². The molecule has 0 N–H and O–H groups in total. The molecule has 0 fully saturated rings. The minimum atomic E-state index is -1.64. The maximum Gasteiger partial charge on any atom is 0.598 e. The van der Waals surface area contributed by atoms with Gasteiger partial charge >= 0.3 is 11.6 Å². The molecule has 2 aliphatic rings. The highest BCUT2D eigenvalue weighted by Crippen LogP contribution is 2.29. The summed E-state index contributed by atoms with van der Waals surface area (Å²) < 4.78 is 0. The number of hydrogen-bond acceptors (Lipinski definition) is 12. The summed E-state index contributed by atoms with van der Waals surface area (Å²) in [7, 11) is 0. The van der Waals surface area contributed by atoms with Crippen LogP contribution in [0.3, 0.4) is 0 Å². The van der Waals surface area contributed by atoms with Crippen LogP contribution >= 0.6 is 0 Å². The lowest BCUT2D eigenvalue weighted by molar-refractivity contribution is -0.619. The first-order valence-electron chi connectivity index (χ1n) is 5.22. The van der Waals surface area contributed by atoms with Crippen LogP contribution in [0.1, 0.15) is 0 Å². The summed E-state index contributed by atoms with van der Waals surface area (Å²) in [6, 6.07) is 0. The van der Waals surface area contributed by atoms with Crippen molar-refractivity contribution in [1.82, 2.24) is 0 Å². The predicted molar refractivity (Wildman–Crippen MR) is 65.8 cm³/mol. The van der Waals surface area contributed by atoms with Gasteiger partial charge in [0, 0.05) is 0 Å². The zero-order valence-corrected chi connectivity index (χ0v) is 10.7. The second-order valence-electron chi connectivity index (χ2n) is 3.52. The van der Waals surface area contributed by atoms with Gasteiger partial charge in [-0.05, 0) is 11.7 Å². The minimum absolute atomic E-state index is 0.688. The number of nitro groups is 4. The van der Waals surface area contributed by atoms with E-state index in [2.05, 4.69) is 30.6 Å². The van der Waals surface area contributed by atoms with Crippen molar-refractivity contribution in [2.75, 3.05) is 0 Å². The van der Waals surface area contributed by atoms with Gasteiger partial charge in [-0.25, -0.2) is 0 Å². The zero-order valence-electron chi connectivity index (χ0n) is 10.7. The third-order valence-electron chi connectivity index (χ3n) is 2.13.